The molecule has 1 aliphatic rings. The Morgan fingerprint density at radius 3 is 2.83 bits per heavy atom. The van der Waals surface area contributed by atoms with Gasteiger partial charge in [-0.3, -0.25) is 0 Å². The van der Waals surface area contributed by atoms with Crippen molar-refractivity contribution in [2.75, 3.05) is 27.1 Å². The highest BCUT2D eigenvalue weighted by molar-refractivity contribution is 9.10. The van der Waals surface area contributed by atoms with Gasteiger partial charge in [-0.05, 0) is 34.8 Å². The summed E-state index contributed by atoms with van der Waals surface area (Å²) in [6.07, 6.45) is 1.74. The van der Waals surface area contributed by atoms with E-state index in [1.165, 1.54) is 7.11 Å². The summed E-state index contributed by atoms with van der Waals surface area (Å²) in [7, 11) is 1.48. The second-order valence-corrected chi connectivity index (χ2v) is 4.94. The van der Waals surface area contributed by atoms with E-state index in [-0.39, 0.29) is 18.5 Å². The van der Waals surface area contributed by atoms with E-state index in [2.05, 4.69) is 20.9 Å². The molecular weight excluding hydrogens is 305 g/mol. The maximum Gasteiger partial charge on any atom is 0.256 e. The summed E-state index contributed by atoms with van der Waals surface area (Å²) in [6, 6.07) is 1.81. The molecule has 0 radical (unpaired) electrons. The molecule has 100 valence electrons. The van der Waals surface area contributed by atoms with Crippen LogP contribution in [-0.2, 0) is 9.47 Å². The number of hydrogen-bond acceptors (Lipinski definition) is 4. The van der Waals surface area contributed by atoms with Crippen molar-refractivity contribution in [1.82, 2.24) is 4.98 Å². The first kappa shape index (κ1) is 13.7. The van der Waals surface area contributed by atoms with Crippen LogP contribution < -0.4 is 4.74 Å². The number of ether oxygens (including phenoxy) is 3. The van der Waals surface area contributed by atoms with E-state index < -0.39 is 5.95 Å². The molecule has 2 heterocycles. The van der Waals surface area contributed by atoms with Gasteiger partial charge in [0, 0.05) is 31.9 Å². The van der Waals surface area contributed by atoms with E-state index in [0.29, 0.717) is 17.7 Å². The molecule has 0 spiro atoms. The summed E-state index contributed by atoms with van der Waals surface area (Å²) in [5, 5.41) is 0. The lowest BCUT2D eigenvalue weighted by atomic mass is 9.96. The Kier molecular flexibility index (Phi) is 4.91. The molecule has 0 aliphatic carbocycles. The minimum Gasteiger partial charge on any atom is -0.462 e. The topological polar surface area (TPSA) is 40.6 Å². The molecule has 4 nitrogen and oxygen atoms in total. The van der Waals surface area contributed by atoms with Gasteiger partial charge in [0.25, 0.3) is 5.95 Å². The van der Waals surface area contributed by atoms with Crippen molar-refractivity contribution in [2.24, 2.45) is 0 Å². The molecule has 0 atom stereocenters. The molecule has 6 heteroatoms. The van der Waals surface area contributed by atoms with Crippen LogP contribution in [0.5, 0.6) is 5.75 Å². The van der Waals surface area contributed by atoms with Gasteiger partial charge in [0.15, 0.2) is 12.5 Å². The molecule has 1 saturated heterocycles. The third kappa shape index (κ3) is 3.18. The largest absolute Gasteiger partial charge is 0.462 e. The molecule has 2 rings (SSSR count). The quantitative estimate of drug-likeness (QED) is 0.632. The van der Waals surface area contributed by atoms with Crippen LogP contribution in [0, 0.1) is 5.95 Å². The Labute approximate surface area is 114 Å². The van der Waals surface area contributed by atoms with Crippen molar-refractivity contribution < 1.29 is 18.6 Å². The molecule has 0 saturated carbocycles. The van der Waals surface area contributed by atoms with E-state index in [0.717, 1.165) is 18.5 Å². The smallest absolute Gasteiger partial charge is 0.256 e. The van der Waals surface area contributed by atoms with Crippen molar-refractivity contribution >= 4 is 15.9 Å². The molecule has 0 bridgehead atoms. The summed E-state index contributed by atoms with van der Waals surface area (Å²) in [5.41, 5.74) is 0.743. The van der Waals surface area contributed by atoms with Crippen LogP contribution in [0.3, 0.4) is 0 Å². The average molecular weight is 320 g/mol. The maximum atomic E-state index is 13.8. The summed E-state index contributed by atoms with van der Waals surface area (Å²) in [6.45, 7) is 1.40. The molecule has 1 aromatic heterocycles. The monoisotopic (exact) mass is 319 g/mol. The second kappa shape index (κ2) is 6.45. The lowest BCUT2D eigenvalue weighted by molar-refractivity contribution is 0.0468. The number of hydrogen-bond donors (Lipinski definition) is 0. The minimum absolute atomic E-state index is 0.00614. The van der Waals surface area contributed by atoms with Gasteiger partial charge in [-0.25, -0.2) is 4.98 Å². The minimum atomic E-state index is -0.608. The van der Waals surface area contributed by atoms with Crippen LogP contribution in [0.4, 0.5) is 4.39 Å². The Balaban J connectivity index is 2.18. The third-order valence-electron chi connectivity index (χ3n) is 2.87. The van der Waals surface area contributed by atoms with Crippen molar-refractivity contribution in [3.05, 3.63) is 22.2 Å². The van der Waals surface area contributed by atoms with Crippen LogP contribution in [0.2, 0.25) is 0 Å². The van der Waals surface area contributed by atoms with Crippen molar-refractivity contribution in [3.63, 3.8) is 0 Å². The fraction of sp³-hybridized carbons (Fsp3) is 0.583. The van der Waals surface area contributed by atoms with E-state index in [1.807, 2.05) is 6.07 Å². The number of halogens is 2. The van der Waals surface area contributed by atoms with Crippen molar-refractivity contribution in [3.8, 4) is 5.75 Å². The van der Waals surface area contributed by atoms with Gasteiger partial charge in [-0.1, -0.05) is 0 Å². The molecule has 1 fully saturated rings. The zero-order valence-corrected chi connectivity index (χ0v) is 11.7. The number of aromatic nitrogens is 1. The zero-order chi connectivity index (χ0) is 13.0. The predicted octanol–water partition coefficient (Wildman–Crippen LogP) is 2.86. The van der Waals surface area contributed by atoms with Gasteiger partial charge < -0.3 is 14.2 Å². The SMILES string of the molecule is COCOc1c(Br)cc(C2CCOCC2)nc1F. The van der Waals surface area contributed by atoms with E-state index in [4.69, 9.17) is 14.2 Å². The summed E-state index contributed by atoms with van der Waals surface area (Å²) in [4.78, 5) is 3.98. The third-order valence-corrected chi connectivity index (χ3v) is 3.46. The van der Waals surface area contributed by atoms with E-state index >= 15 is 0 Å². The summed E-state index contributed by atoms with van der Waals surface area (Å²) < 4.78 is 29.6. The fourth-order valence-corrected chi connectivity index (χ4v) is 2.45. The zero-order valence-electron chi connectivity index (χ0n) is 10.1. The summed E-state index contributed by atoms with van der Waals surface area (Å²) in [5.74, 6) is -0.267. The molecule has 1 aliphatic heterocycles. The molecule has 0 unspecified atom stereocenters. The second-order valence-electron chi connectivity index (χ2n) is 4.09. The number of methoxy groups -OCH3 is 1. The van der Waals surface area contributed by atoms with Crippen molar-refractivity contribution in [2.45, 2.75) is 18.8 Å². The predicted molar refractivity (Wildman–Crippen MR) is 67.2 cm³/mol. The van der Waals surface area contributed by atoms with Gasteiger partial charge in [0.1, 0.15) is 0 Å². The standard InChI is InChI=1S/C12H15BrFNO3/c1-16-7-18-11-9(13)6-10(15-12(11)14)8-2-4-17-5-3-8/h6,8H,2-5,7H2,1H3. The highest BCUT2D eigenvalue weighted by atomic mass is 79.9. The summed E-state index contributed by atoms with van der Waals surface area (Å²) >= 11 is 3.30. The molecular formula is C12H15BrFNO3. The lowest BCUT2D eigenvalue weighted by Gasteiger charge is -2.22. The normalized spacial score (nSPS) is 16.8. The Bertz CT molecular complexity index is 387. The van der Waals surface area contributed by atoms with E-state index in [1.54, 1.807) is 0 Å². The van der Waals surface area contributed by atoms with Crippen LogP contribution in [-0.4, -0.2) is 32.1 Å². The maximum absolute atomic E-state index is 13.8. The Hall–Kier alpha value is -0.720. The van der Waals surface area contributed by atoms with E-state index in [9.17, 15) is 4.39 Å². The molecule has 0 amide bonds. The van der Waals surface area contributed by atoms with Gasteiger partial charge in [-0.2, -0.15) is 4.39 Å². The van der Waals surface area contributed by atoms with Gasteiger partial charge >= 0.3 is 0 Å². The first-order valence-corrected chi connectivity index (χ1v) is 6.57. The van der Waals surface area contributed by atoms with Crippen LogP contribution >= 0.6 is 15.9 Å². The molecule has 0 aromatic carbocycles. The van der Waals surface area contributed by atoms with Crippen LogP contribution in [0.25, 0.3) is 0 Å². The first-order valence-electron chi connectivity index (χ1n) is 5.77. The number of pyridine rings is 1. The van der Waals surface area contributed by atoms with Gasteiger partial charge in [-0.15, -0.1) is 0 Å². The average Bonchev–Trinajstić information content (AvgIpc) is 2.39. The van der Waals surface area contributed by atoms with Gasteiger partial charge in [0.05, 0.1) is 4.47 Å². The van der Waals surface area contributed by atoms with Gasteiger partial charge in [0.2, 0.25) is 0 Å². The number of rotatable bonds is 4. The first-order chi connectivity index (χ1) is 8.72. The molecule has 0 N–H and O–H groups in total. The number of nitrogens with zero attached hydrogens (tertiary/aromatic N) is 1. The Morgan fingerprint density at radius 1 is 1.50 bits per heavy atom. The highest BCUT2D eigenvalue weighted by Gasteiger charge is 2.21. The molecule has 1 aromatic rings. The lowest BCUT2D eigenvalue weighted by Crippen LogP contribution is -2.16. The van der Waals surface area contributed by atoms with Crippen LogP contribution in [0.1, 0.15) is 24.5 Å². The fourth-order valence-electron chi connectivity index (χ4n) is 1.94. The molecule has 18 heavy (non-hydrogen) atoms. The highest BCUT2D eigenvalue weighted by Crippen LogP contribution is 2.33. The van der Waals surface area contributed by atoms with Crippen LogP contribution in [0.15, 0.2) is 10.5 Å². The van der Waals surface area contributed by atoms with Crippen molar-refractivity contribution in [1.29, 1.82) is 0 Å². The Morgan fingerprint density at radius 2 is 2.22 bits per heavy atom.